The Balaban J connectivity index is 1.64. The van der Waals surface area contributed by atoms with E-state index in [4.69, 9.17) is 0 Å². The minimum Gasteiger partial charge on any atom is -0.336 e. The fourth-order valence-corrected chi connectivity index (χ4v) is 5.30. The highest BCUT2D eigenvalue weighted by Crippen LogP contribution is 2.25. The maximum absolute atomic E-state index is 13.5. The Morgan fingerprint density at radius 2 is 1.55 bits per heavy atom. The molecule has 0 saturated carbocycles. The molecule has 0 N–H and O–H groups in total. The van der Waals surface area contributed by atoms with E-state index in [1.807, 2.05) is 37.3 Å². The lowest BCUT2D eigenvalue weighted by atomic mass is 10.00. The molecule has 6 heteroatoms. The largest absolute Gasteiger partial charge is 0.336 e. The molecule has 0 fully saturated rings. The van der Waals surface area contributed by atoms with E-state index < -0.39 is 10.0 Å². The van der Waals surface area contributed by atoms with E-state index >= 15 is 0 Å². The molecule has 0 aromatic heterocycles. The summed E-state index contributed by atoms with van der Waals surface area (Å²) >= 11 is 0. The van der Waals surface area contributed by atoms with E-state index in [0.29, 0.717) is 18.8 Å². The van der Waals surface area contributed by atoms with Gasteiger partial charge in [0.25, 0.3) is 10.0 Å². The van der Waals surface area contributed by atoms with Crippen molar-refractivity contribution in [2.45, 2.75) is 31.2 Å². The Morgan fingerprint density at radius 3 is 2.23 bits per heavy atom. The zero-order valence-electron chi connectivity index (χ0n) is 17.6. The van der Waals surface area contributed by atoms with E-state index in [1.54, 1.807) is 47.4 Å². The second-order valence-corrected chi connectivity index (χ2v) is 9.54. The fourth-order valence-electron chi connectivity index (χ4n) is 3.86. The Morgan fingerprint density at radius 1 is 0.903 bits per heavy atom. The molecule has 0 spiro atoms. The van der Waals surface area contributed by atoms with E-state index in [1.165, 1.54) is 9.87 Å². The molecule has 0 atom stereocenters. The van der Waals surface area contributed by atoms with Crippen LogP contribution < -0.4 is 4.31 Å². The van der Waals surface area contributed by atoms with Crippen LogP contribution >= 0.6 is 0 Å². The van der Waals surface area contributed by atoms with Gasteiger partial charge in [-0.3, -0.25) is 9.10 Å². The summed E-state index contributed by atoms with van der Waals surface area (Å²) in [6.07, 6.45) is 1.64. The first kappa shape index (κ1) is 21.1. The summed E-state index contributed by atoms with van der Waals surface area (Å²) in [6.45, 7) is 2.91. The summed E-state index contributed by atoms with van der Waals surface area (Å²) in [5, 5.41) is 0. The van der Waals surface area contributed by atoms with Crippen LogP contribution in [0, 0.1) is 0 Å². The molecule has 0 radical (unpaired) electrons. The topological polar surface area (TPSA) is 57.7 Å². The molecule has 1 aliphatic heterocycles. The van der Waals surface area contributed by atoms with Crippen LogP contribution in [0.4, 0.5) is 5.69 Å². The van der Waals surface area contributed by atoms with Crippen molar-refractivity contribution in [2.24, 2.45) is 0 Å². The summed E-state index contributed by atoms with van der Waals surface area (Å²) in [6, 6.07) is 23.7. The van der Waals surface area contributed by atoms with Gasteiger partial charge in [0, 0.05) is 13.1 Å². The minimum absolute atomic E-state index is 0.173. The Bertz CT molecular complexity index is 1160. The third-order valence-electron chi connectivity index (χ3n) is 5.73. The average molecular weight is 435 g/mol. The number of amides is 1. The molecule has 3 aromatic rings. The van der Waals surface area contributed by atoms with E-state index in [-0.39, 0.29) is 17.3 Å². The number of hydrogen-bond donors (Lipinski definition) is 0. The van der Waals surface area contributed by atoms with Crippen LogP contribution in [-0.4, -0.2) is 32.3 Å². The van der Waals surface area contributed by atoms with Crippen LogP contribution in [0.3, 0.4) is 0 Å². The van der Waals surface area contributed by atoms with Gasteiger partial charge in [-0.25, -0.2) is 8.42 Å². The quantitative estimate of drug-likeness (QED) is 0.589. The lowest BCUT2D eigenvalue weighted by Crippen LogP contribution is -2.44. The van der Waals surface area contributed by atoms with E-state index in [2.05, 4.69) is 6.07 Å². The molecule has 1 aliphatic rings. The number of fused-ring (bicyclic) bond motifs is 1. The fraction of sp³-hybridized carbons (Fsp3) is 0.240. The number of hydrogen-bond acceptors (Lipinski definition) is 3. The Labute approximate surface area is 184 Å². The first-order valence-corrected chi connectivity index (χ1v) is 11.9. The van der Waals surface area contributed by atoms with Crippen LogP contribution in [0.2, 0.25) is 0 Å². The molecule has 5 nitrogen and oxygen atoms in total. The van der Waals surface area contributed by atoms with E-state index in [0.717, 1.165) is 24.0 Å². The summed E-state index contributed by atoms with van der Waals surface area (Å²) < 4.78 is 28.1. The molecular weight excluding hydrogens is 408 g/mol. The molecule has 1 heterocycles. The van der Waals surface area contributed by atoms with Crippen molar-refractivity contribution in [3.8, 4) is 0 Å². The van der Waals surface area contributed by atoms with Gasteiger partial charge in [0.2, 0.25) is 5.91 Å². The van der Waals surface area contributed by atoms with Gasteiger partial charge in [-0.05, 0) is 53.8 Å². The summed E-state index contributed by atoms with van der Waals surface area (Å²) in [5.41, 5.74) is 3.97. The van der Waals surface area contributed by atoms with Crippen molar-refractivity contribution in [2.75, 3.05) is 17.4 Å². The number of anilines is 1. The second-order valence-electron chi connectivity index (χ2n) is 7.68. The number of carbonyl (C=O) groups excluding carboxylic acids is 1. The van der Waals surface area contributed by atoms with Crippen molar-refractivity contribution < 1.29 is 13.2 Å². The predicted molar refractivity (Wildman–Crippen MR) is 122 cm³/mol. The molecule has 0 aliphatic carbocycles. The first-order valence-electron chi connectivity index (χ1n) is 10.5. The standard InChI is InChI=1S/C25H26N2O3S/c1-2-20-12-14-23(15-13-20)27(31(29,30)24-10-4-3-5-11-24)19-25(28)26-17-16-21-8-6-7-9-22(21)18-26/h3-15H,2,16-19H2,1H3. The van der Waals surface area contributed by atoms with Crippen LogP contribution in [-0.2, 0) is 34.2 Å². The number of sulfonamides is 1. The van der Waals surface area contributed by atoms with E-state index in [9.17, 15) is 13.2 Å². The summed E-state index contributed by atoms with van der Waals surface area (Å²) in [4.78, 5) is 15.1. The molecule has 31 heavy (non-hydrogen) atoms. The summed E-state index contributed by atoms with van der Waals surface area (Å²) in [5.74, 6) is -0.200. The van der Waals surface area contributed by atoms with Crippen molar-refractivity contribution in [1.82, 2.24) is 4.90 Å². The van der Waals surface area contributed by atoms with Crippen LogP contribution in [0.1, 0.15) is 23.6 Å². The Hall–Kier alpha value is -3.12. The molecule has 0 saturated heterocycles. The first-order chi connectivity index (χ1) is 15.0. The number of nitrogens with zero attached hydrogens (tertiary/aromatic N) is 2. The Kier molecular flexibility index (Phi) is 6.09. The molecule has 1 amide bonds. The smallest absolute Gasteiger partial charge is 0.264 e. The van der Waals surface area contributed by atoms with Gasteiger partial charge < -0.3 is 4.90 Å². The van der Waals surface area contributed by atoms with Crippen molar-refractivity contribution in [3.63, 3.8) is 0 Å². The molecular formula is C25H26N2O3S. The normalized spacial score (nSPS) is 13.5. The molecule has 3 aromatic carbocycles. The SMILES string of the molecule is CCc1ccc(N(CC(=O)N2CCc3ccccc3C2)S(=O)(=O)c2ccccc2)cc1. The van der Waals surface area contributed by atoms with Gasteiger partial charge in [0.1, 0.15) is 6.54 Å². The predicted octanol–water partition coefficient (Wildman–Crippen LogP) is 4.03. The molecule has 0 unspecified atom stereocenters. The van der Waals surface area contributed by atoms with Gasteiger partial charge in [0.05, 0.1) is 10.6 Å². The highest BCUT2D eigenvalue weighted by atomic mass is 32.2. The maximum Gasteiger partial charge on any atom is 0.264 e. The average Bonchev–Trinajstić information content (AvgIpc) is 2.82. The van der Waals surface area contributed by atoms with Gasteiger partial charge >= 0.3 is 0 Å². The van der Waals surface area contributed by atoms with Gasteiger partial charge in [-0.2, -0.15) is 0 Å². The third kappa shape index (κ3) is 4.49. The van der Waals surface area contributed by atoms with Crippen LogP contribution in [0.25, 0.3) is 0 Å². The zero-order chi connectivity index (χ0) is 21.8. The molecule has 4 rings (SSSR count). The van der Waals surface area contributed by atoms with Crippen LogP contribution in [0.15, 0.2) is 83.8 Å². The van der Waals surface area contributed by atoms with Gasteiger partial charge in [-0.1, -0.05) is 61.5 Å². The lowest BCUT2D eigenvalue weighted by molar-refractivity contribution is -0.130. The van der Waals surface area contributed by atoms with Crippen molar-refractivity contribution in [1.29, 1.82) is 0 Å². The van der Waals surface area contributed by atoms with Gasteiger partial charge in [-0.15, -0.1) is 0 Å². The third-order valence-corrected chi connectivity index (χ3v) is 7.51. The van der Waals surface area contributed by atoms with Crippen molar-refractivity contribution >= 4 is 21.6 Å². The summed E-state index contributed by atoms with van der Waals surface area (Å²) in [7, 11) is -3.88. The second kappa shape index (κ2) is 8.94. The lowest BCUT2D eigenvalue weighted by Gasteiger charge is -2.32. The number of rotatable bonds is 6. The highest BCUT2D eigenvalue weighted by Gasteiger charge is 2.30. The number of benzene rings is 3. The monoisotopic (exact) mass is 434 g/mol. The zero-order valence-corrected chi connectivity index (χ0v) is 18.4. The molecule has 0 bridgehead atoms. The minimum atomic E-state index is -3.88. The highest BCUT2D eigenvalue weighted by molar-refractivity contribution is 7.92. The van der Waals surface area contributed by atoms with Crippen molar-refractivity contribution in [3.05, 3.63) is 95.6 Å². The van der Waals surface area contributed by atoms with Crippen LogP contribution in [0.5, 0.6) is 0 Å². The molecule has 160 valence electrons. The van der Waals surface area contributed by atoms with Gasteiger partial charge in [0.15, 0.2) is 0 Å². The number of carbonyl (C=O) groups is 1. The number of aryl methyl sites for hydroxylation is 1. The maximum atomic E-state index is 13.5.